The number of hydrogen-bond donors (Lipinski definition) is 3. The van der Waals surface area contributed by atoms with Crippen molar-refractivity contribution in [3.8, 4) is 0 Å². The lowest BCUT2D eigenvalue weighted by molar-refractivity contribution is 0.208. The molecule has 6 heteroatoms. The predicted octanol–water partition coefficient (Wildman–Crippen LogP) is 0.939. The van der Waals surface area contributed by atoms with E-state index in [2.05, 4.69) is 39.7 Å². The summed E-state index contributed by atoms with van der Waals surface area (Å²) in [5, 5.41) is 3.14. The summed E-state index contributed by atoms with van der Waals surface area (Å²) in [5.41, 5.74) is 5.84. The maximum atomic E-state index is 5.44. The van der Waals surface area contributed by atoms with E-state index in [-0.39, 0.29) is 0 Å². The molecule has 0 atom stereocenters. The molecule has 0 fully saturated rings. The number of rotatable bonds is 5. The molecule has 1 rings (SSSR count). The van der Waals surface area contributed by atoms with Crippen LogP contribution in [0.2, 0.25) is 0 Å². The lowest BCUT2D eigenvalue weighted by Crippen LogP contribution is -2.36. The van der Waals surface area contributed by atoms with Gasteiger partial charge in [-0.25, -0.2) is 10.8 Å². The Morgan fingerprint density at radius 1 is 1.42 bits per heavy atom. The van der Waals surface area contributed by atoms with Crippen LogP contribution in [0.4, 0.5) is 11.4 Å². The SMILES string of the molecule is COCCN=C(NN)Nc1ccc(C)c(N(C)C)c1. The van der Waals surface area contributed by atoms with Crippen molar-refractivity contribution in [3.05, 3.63) is 23.8 Å². The summed E-state index contributed by atoms with van der Waals surface area (Å²) in [6, 6.07) is 6.10. The minimum absolute atomic E-state index is 0.519. The van der Waals surface area contributed by atoms with Gasteiger partial charge in [-0.3, -0.25) is 5.43 Å². The van der Waals surface area contributed by atoms with Crippen LogP contribution in [-0.4, -0.2) is 40.3 Å². The van der Waals surface area contributed by atoms with E-state index in [9.17, 15) is 0 Å². The summed E-state index contributed by atoms with van der Waals surface area (Å²) < 4.78 is 4.94. The largest absolute Gasteiger partial charge is 0.383 e. The van der Waals surface area contributed by atoms with E-state index in [0.29, 0.717) is 19.1 Å². The number of anilines is 2. The number of guanidine groups is 1. The first-order chi connectivity index (χ1) is 9.08. The van der Waals surface area contributed by atoms with Crippen LogP contribution in [0, 0.1) is 6.92 Å². The third-order valence-electron chi connectivity index (χ3n) is 2.66. The van der Waals surface area contributed by atoms with Gasteiger partial charge in [0.2, 0.25) is 5.96 Å². The van der Waals surface area contributed by atoms with Crippen LogP contribution in [0.5, 0.6) is 0 Å². The van der Waals surface area contributed by atoms with E-state index in [1.165, 1.54) is 5.56 Å². The zero-order chi connectivity index (χ0) is 14.3. The summed E-state index contributed by atoms with van der Waals surface area (Å²) in [5.74, 6) is 5.96. The van der Waals surface area contributed by atoms with Gasteiger partial charge in [-0.15, -0.1) is 0 Å². The topological polar surface area (TPSA) is 74.9 Å². The van der Waals surface area contributed by atoms with Gasteiger partial charge in [0.25, 0.3) is 0 Å². The van der Waals surface area contributed by atoms with E-state index in [1.807, 2.05) is 20.2 Å². The van der Waals surface area contributed by atoms with Gasteiger partial charge < -0.3 is 15.0 Å². The third-order valence-corrected chi connectivity index (χ3v) is 2.66. The Morgan fingerprint density at radius 2 is 2.16 bits per heavy atom. The molecule has 0 aliphatic carbocycles. The Labute approximate surface area is 114 Å². The highest BCUT2D eigenvalue weighted by Crippen LogP contribution is 2.22. The van der Waals surface area contributed by atoms with E-state index in [1.54, 1.807) is 7.11 Å². The number of aliphatic imine (C=N–C) groups is 1. The maximum absolute atomic E-state index is 5.44. The number of benzene rings is 1. The second kappa shape index (κ2) is 7.60. The van der Waals surface area contributed by atoms with E-state index < -0.39 is 0 Å². The van der Waals surface area contributed by atoms with Gasteiger partial charge >= 0.3 is 0 Å². The molecule has 0 aliphatic rings. The number of hydrazine groups is 1. The molecule has 0 saturated heterocycles. The number of ether oxygens (including phenoxy) is 1. The molecule has 0 spiro atoms. The highest BCUT2D eigenvalue weighted by atomic mass is 16.5. The van der Waals surface area contributed by atoms with Crippen molar-refractivity contribution in [3.63, 3.8) is 0 Å². The van der Waals surface area contributed by atoms with Crippen molar-refractivity contribution < 1.29 is 4.74 Å². The summed E-state index contributed by atoms with van der Waals surface area (Å²) >= 11 is 0. The molecule has 0 bridgehead atoms. The second-order valence-corrected chi connectivity index (χ2v) is 4.39. The average molecular weight is 265 g/mol. The first-order valence-electron chi connectivity index (χ1n) is 6.13. The van der Waals surface area contributed by atoms with Crippen LogP contribution >= 0.6 is 0 Å². The Bertz CT molecular complexity index is 431. The lowest BCUT2D eigenvalue weighted by atomic mass is 10.1. The Hall–Kier alpha value is -1.79. The molecule has 1 aromatic rings. The monoisotopic (exact) mass is 265 g/mol. The number of nitrogens with zero attached hydrogens (tertiary/aromatic N) is 2. The molecular weight excluding hydrogens is 242 g/mol. The van der Waals surface area contributed by atoms with Crippen LogP contribution in [0.3, 0.4) is 0 Å². The van der Waals surface area contributed by atoms with Gasteiger partial charge in [-0.1, -0.05) is 6.07 Å². The van der Waals surface area contributed by atoms with Crippen LogP contribution in [0.1, 0.15) is 5.56 Å². The molecule has 6 nitrogen and oxygen atoms in total. The molecule has 19 heavy (non-hydrogen) atoms. The molecule has 1 aromatic carbocycles. The van der Waals surface area contributed by atoms with Gasteiger partial charge in [0.1, 0.15) is 0 Å². The number of aryl methyl sites for hydroxylation is 1. The fourth-order valence-electron chi connectivity index (χ4n) is 1.68. The van der Waals surface area contributed by atoms with Crippen molar-refractivity contribution in [1.82, 2.24) is 5.43 Å². The number of nitrogens with two attached hydrogens (primary N) is 1. The first-order valence-corrected chi connectivity index (χ1v) is 6.13. The van der Waals surface area contributed by atoms with Gasteiger partial charge in [-0.05, 0) is 24.6 Å². The number of hydrogen-bond acceptors (Lipinski definition) is 4. The highest BCUT2D eigenvalue weighted by Gasteiger charge is 2.04. The second-order valence-electron chi connectivity index (χ2n) is 4.39. The van der Waals surface area contributed by atoms with Gasteiger partial charge in [-0.2, -0.15) is 0 Å². The molecule has 0 heterocycles. The quantitative estimate of drug-likeness (QED) is 0.243. The zero-order valence-corrected chi connectivity index (χ0v) is 12.0. The third kappa shape index (κ3) is 4.76. The van der Waals surface area contributed by atoms with Crippen molar-refractivity contribution in [2.24, 2.45) is 10.8 Å². The van der Waals surface area contributed by atoms with Crippen LogP contribution in [0.15, 0.2) is 23.2 Å². The van der Waals surface area contributed by atoms with E-state index in [0.717, 1.165) is 11.4 Å². The Balaban J connectivity index is 2.80. The average Bonchev–Trinajstić information content (AvgIpc) is 2.39. The molecule has 0 radical (unpaired) electrons. The van der Waals surface area contributed by atoms with Gasteiger partial charge in [0, 0.05) is 32.6 Å². The Kier molecular flexibility index (Phi) is 6.11. The summed E-state index contributed by atoms with van der Waals surface area (Å²) in [4.78, 5) is 6.32. The normalized spacial score (nSPS) is 11.3. The lowest BCUT2D eigenvalue weighted by Gasteiger charge is -2.17. The van der Waals surface area contributed by atoms with Crippen LogP contribution in [0.25, 0.3) is 0 Å². The molecule has 0 saturated carbocycles. The van der Waals surface area contributed by atoms with Gasteiger partial charge in [0.05, 0.1) is 13.2 Å². The van der Waals surface area contributed by atoms with Crippen LogP contribution in [-0.2, 0) is 4.74 Å². The van der Waals surface area contributed by atoms with E-state index in [4.69, 9.17) is 10.6 Å². The molecule has 0 aliphatic heterocycles. The highest BCUT2D eigenvalue weighted by molar-refractivity contribution is 5.93. The zero-order valence-electron chi connectivity index (χ0n) is 12.0. The summed E-state index contributed by atoms with van der Waals surface area (Å²) in [6.45, 7) is 3.19. The predicted molar refractivity (Wildman–Crippen MR) is 80.6 cm³/mol. The molecule has 4 N–H and O–H groups in total. The van der Waals surface area contributed by atoms with Crippen LogP contribution < -0.4 is 21.5 Å². The molecule has 0 aromatic heterocycles. The smallest absolute Gasteiger partial charge is 0.210 e. The minimum atomic E-state index is 0.519. The van der Waals surface area contributed by atoms with Crippen molar-refractivity contribution >= 4 is 17.3 Å². The van der Waals surface area contributed by atoms with Gasteiger partial charge in [0.15, 0.2) is 0 Å². The number of nitrogens with one attached hydrogen (secondary N) is 2. The molecule has 0 unspecified atom stereocenters. The summed E-state index contributed by atoms with van der Waals surface area (Å²) in [6.07, 6.45) is 0. The number of methoxy groups -OCH3 is 1. The van der Waals surface area contributed by atoms with Crippen molar-refractivity contribution in [1.29, 1.82) is 0 Å². The minimum Gasteiger partial charge on any atom is -0.383 e. The fourth-order valence-corrected chi connectivity index (χ4v) is 1.68. The molecule has 0 amide bonds. The van der Waals surface area contributed by atoms with Crippen molar-refractivity contribution in [2.45, 2.75) is 6.92 Å². The fraction of sp³-hybridized carbons (Fsp3) is 0.462. The van der Waals surface area contributed by atoms with E-state index >= 15 is 0 Å². The maximum Gasteiger partial charge on any atom is 0.210 e. The standard InChI is InChI=1S/C13H23N5O/c1-10-5-6-11(9-12(10)18(2)3)16-13(17-14)15-7-8-19-4/h5-6,9H,7-8,14H2,1-4H3,(H2,15,16,17). The molecule has 106 valence electrons. The summed E-state index contributed by atoms with van der Waals surface area (Å²) in [7, 11) is 5.67. The molecular formula is C13H23N5O. The van der Waals surface area contributed by atoms with Crippen molar-refractivity contribution in [2.75, 3.05) is 44.6 Å². The first kappa shape index (κ1) is 15.3. The Morgan fingerprint density at radius 3 is 2.74 bits per heavy atom.